The number of benzene rings is 1. The van der Waals surface area contributed by atoms with E-state index < -0.39 is 0 Å². The molecule has 100 valence electrons. The maximum Gasteiger partial charge on any atom is 0.115 e. The third-order valence-corrected chi connectivity index (χ3v) is 4.30. The predicted molar refractivity (Wildman–Crippen MR) is 75.9 cm³/mol. The van der Waals surface area contributed by atoms with Crippen molar-refractivity contribution in [2.45, 2.75) is 32.1 Å². The Bertz CT molecular complexity index is 388. The van der Waals surface area contributed by atoms with E-state index in [2.05, 4.69) is 32.0 Å². The number of hydrogen-bond donors (Lipinski definition) is 1. The molecule has 1 aliphatic carbocycles. The molecule has 0 amide bonds. The van der Waals surface area contributed by atoms with Gasteiger partial charge in [-0.15, -0.1) is 0 Å². The normalized spacial score (nSPS) is 28.6. The molecule has 1 aliphatic rings. The molecule has 2 heteroatoms. The van der Waals surface area contributed by atoms with Gasteiger partial charge in [0.1, 0.15) is 5.75 Å². The molecule has 1 aromatic carbocycles. The zero-order valence-corrected chi connectivity index (χ0v) is 11.8. The van der Waals surface area contributed by atoms with Crippen molar-refractivity contribution in [3.63, 3.8) is 0 Å². The fraction of sp³-hybridized carbons (Fsp3) is 0.625. The van der Waals surface area contributed by atoms with Crippen LogP contribution in [0.2, 0.25) is 0 Å². The molecule has 2 rings (SSSR count). The van der Waals surface area contributed by atoms with E-state index in [-0.39, 0.29) is 0 Å². The molecule has 0 bridgehead atoms. The Morgan fingerprint density at radius 3 is 2.72 bits per heavy atom. The summed E-state index contributed by atoms with van der Waals surface area (Å²) >= 11 is 0. The second-order valence-corrected chi connectivity index (χ2v) is 6.04. The van der Waals surface area contributed by atoms with Gasteiger partial charge in [0.25, 0.3) is 0 Å². The van der Waals surface area contributed by atoms with Crippen LogP contribution in [0, 0.1) is 11.8 Å². The summed E-state index contributed by atoms with van der Waals surface area (Å²) in [6.07, 6.45) is 3.91. The van der Waals surface area contributed by atoms with E-state index in [0.717, 1.165) is 12.5 Å². The molecule has 2 nitrogen and oxygen atoms in total. The van der Waals surface area contributed by atoms with Crippen molar-refractivity contribution in [1.82, 2.24) is 4.90 Å². The molecule has 0 unspecified atom stereocenters. The van der Waals surface area contributed by atoms with Crippen LogP contribution in [-0.4, -0.2) is 30.6 Å². The second-order valence-electron chi connectivity index (χ2n) is 6.04. The summed E-state index contributed by atoms with van der Waals surface area (Å²) in [5, 5.41) is 9.67. The quantitative estimate of drug-likeness (QED) is 0.884. The zero-order valence-electron chi connectivity index (χ0n) is 11.8. The first kappa shape index (κ1) is 13.4. The summed E-state index contributed by atoms with van der Waals surface area (Å²) < 4.78 is 0. The predicted octanol–water partition coefficient (Wildman–Crippen LogP) is 3.47. The lowest BCUT2D eigenvalue weighted by Crippen LogP contribution is -2.33. The second kappa shape index (κ2) is 5.75. The van der Waals surface area contributed by atoms with Crippen molar-refractivity contribution < 1.29 is 5.11 Å². The number of phenolic OH excluding ortho intramolecular Hbond substituents is 1. The highest BCUT2D eigenvalue weighted by molar-refractivity contribution is 5.30. The van der Waals surface area contributed by atoms with Crippen LogP contribution < -0.4 is 0 Å². The molecule has 0 saturated heterocycles. The highest BCUT2D eigenvalue weighted by atomic mass is 16.3. The summed E-state index contributed by atoms with van der Waals surface area (Å²) in [6, 6.07) is 7.85. The lowest BCUT2D eigenvalue weighted by molar-refractivity contribution is 0.171. The summed E-state index contributed by atoms with van der Waals surface area (Å²) in [4.78, 5) is 2.29. The van der Waals surface area contributed by atoms with Crippen LogP contribution in [0.4, 0.5) is 0 Å². The van der Waals surface area contributed by atoms with Crippen molar-refractivity contribution in [2.24, 2.45) is 11.8 Å². The molecule has 1 aromatic rings. The molecular weight excluding hydrogens is 222 g/mol. The Kier molecular flexibility index (Phi) is 4.28. The summed E-state index contributed by atoms with van der Waals surface area (Å²) in [5.41, 5.74) is 1.31. The van der Waals surface area contributed by atoms with Crippen molar-refractivity contribution in [1.29, 1.82) is 0 Å². The van der Waals surface area contributed by atoms with E-state index in [4.69, 9.17) is 0 Å². The SMILES string of the molecule is C[C@H]1CCC[C@@H](c2cccc(O)c2)[C@H]1CN(C)C. The minimum atomic E-state index is 0.398. The van der Waals surface area contributed by atoms with Crippen LogP contribution in [0.3, 0.4) is 0 Å². The van der Waals surface area contributed by atoms with Gasteiger partial charge in [-0.2, -0.15) is 0 Å². The third kappa shape index (κ3) is 3.05. The first-order valence-corrected chi connectivity index (χ1v) is 7.01. The molecule has 0 aromatic heterocycles. The van der Waals surface area contributed by atoms with Gasteiger partial charge < -0.3 is 10.0 Å². The monoisotopic (exact) mass is 247 g/mol. The fourth-order valence-electron chi connectivity index (χ4n) is 3.38. The molecular formula is C16H25NO. The highest BCUT2D eigenvalue weighted by Gasteiger charge is 2.31. The van der Waals surface area contributed by atoms with E-state index in [0.29, 0.717) is 17.6 Å². The van der Waals surface area contributed by atoms with Gasteiger partial charge in [-0.25, -0.2) is 0 Å². The zero-order chi connectivity index (χ0) is 13.1. The van der Waals surface area contributed by atoms with Gasteiger partial charge in [-0.05, 0) is 56.0 Å². The van der Waals surface area contributed by atoms with Gasteiger partial charge in [0, 0.05) is 6.54 Å². The minimum absolute atomic E-state index is 0.398. The Labute approximate surface area is 111 Å². The lowest BCUT2D eigenvalue weighted by Gasteiger charge is -2.38. The van der Waals surface area contributed by atoms with E-state index in [1.807, 2.05) is 12.1 Å². The van der Waals surface area contributed by atoms with Crippen molar-refractivity contribution in [2.75, 3.05) is 20.6 Å². The van der Waals surface area contributed by atoms with Gasteiger partial charge >= 0.3 is 0 Å². The summed E-state index contributed by atoms with van der Waals surface area (Å²) in [6.45, 7) is 3.52. The summed E-state index contributed by atoms with van der Waals surface area (Å²) in [7, 11) is 4.31. The lowest BCUT2D eigenvalue weighted by atomic mass is 9.70. The number of aromatic hydroxyl groups is 1. The van der Waals surface area contributed by atoms with Crippen molar-refractivity contribution in [3.05, 3.63) is 29.8 Å². The van der Waals surface area contributed by atoms with Gasteiger partial charge in [-0.1, -0.05) is 31.9 Å². The standard InChI is InChI=1S/C16H25NO/c1-12-6-4-9-15(16(12)11-17(2)3)13-7-5-8-14(18)10-13/h5,7-8,10,12,15-16,18H,4,6,9,11H2,1-3H3/t12-,15-,16-/m0/s1. The smallest absolute Gasteiger partial charge is 0.115 e. The molecule has 1 fully saturated rings. The van der Waals surface area contributed by atoms with Gasteiger partial charge in [0.15, 0.2) is 0 Å². The van der Waals surface area contributed by atoms with Crippen molar-refractivity contribution >= 4 is 0 Å². The molecule has 18 heavy (non-hydrogen) atoms. The molecule has 0 aliphatic heterocycles. The first-order chi connectivity index (χ1) is 8.58. The fourth-order valence-corrected chi connectivity index (χ4v) is 3.38. The number of hydrogen-bond acceptors (Lipinski definition) is 2. The average Bonchev–Trinajstić information content (AvgIpc) is 2.31. The van der Waals surface area contributed by atoms with Crippen LogP contribution in [0.15, 0.2) is 24.3 Å². The number of rotatable bonds is 3. The maximum absolute atomic E-state index is 9.67. The van der Waals surface area contributed by atoms with Crippen LogP contribution in [-0.2, 0) is 0 Å². The van der Waals surface area contributed by atoms with Gasteiger partial charge in [-0.3, -0.25) is 0 Å². The molecule has 1 N–H and O–H groups in total. The Hall–Kier alpha value is -1.02. The van der Waals surface area contributed by atoms with Crippen LogP contribution >= 0.6 is 0 Å². The Morgan fingerprint density at radius 1 is 1.28 bits per heavy atom. The molecule has 3 atom stereocenters. The minimum Gasteiger partial charge on any atom is -0.508 e. The number of nitrogens with zero attached hydrogens (tertiary/aromatic N) is 1. The third-order valence-electron chi connectivity index (χ3n) is 4.30. The maximum atomic E-state index is 9.67. The van der Waals surface area contributed by atoms with E-state index in [1.54, 1.807) is 6.07 Å². The first-order valence-electron chi connectivity index (χ1n) is 7.01. The Balaban J connectivity index is 2.22. The Morgan fingerprint density at radius 2 is 2.06 bits per heavy atom. The van der Waals surface area contributed by atoms with E-state index >= 15 is 0 Å². The van der Waals surface area contributed by atoms with Crippen LogP contribution in [0.1, 0.15) is 37.7 Å². The molecule has 0 radical (unpaired) electrons. The van der Waals surface area contributed by atoms with Crippen LogP contribution in [0.25, 0.3) is 0 Å². The average molecular weight is 247 g/mol. The largest absolute Gasteiger partial charge is 0.508 e. The van der Waals surface area contributed by atoms with Crippen molar-refractivity contribution in [3.8, 4) is 5.75 Å². The summed E-state index contributed by atoms with van der Waals surface area (Å²) in [5.74, 6) is 2.47. The topological polar surface area (TPSA) is 23.5 Å². The molecule has 0 heterocycles. The van der Waals surface area contributed by atoms with Gasteiger partial charge in [0.05, 0.1) is 0 Å². The van der Waals surface area contributed by atoms with E-state index in [9.17, 15) is 5.11 Å². The highest BCUT2D eigenvalue weighted by Crippen LogP contribution is 2.41. The van der Waals surface area contributed by atoms with Gasteiger partial charge in [0.2, 0.25) is 0 Å². The van der Waals surface area contributed by atoms with E-state index in [1.165, 1.54) is 24.8 Å². The van der Waals surface area contributed by atoms with Crippen LogP contribution in [0.5, 0.6) is 5.75 Å². The number of phenols is 1. The molecule has 1 saturated carbocycles. The molecule has 0 spiro atoms.